The molecule has 0 saturated heterocycles. The Kier molecular flexibility index (Phi) is 4.69. The zero-order chi connectivity index (χ0) is 18.9. The molecule has 3 nitrogen and oxygen atoms in total. The Morgan fingerprint density at radius 1 is 0.926 bits per heavy atom. The standard InChI is InChI=1S/C24H24O3/c1-17(25)24(16-18-12-14-21(24)15-13-18)27-23(26)22(19-8-4-2-5-9-19)20-10-6-3-7-11-20/h2-12,14,18,21-22H,13,15-16H2,1H3. The van der Waals surface area contributed by atoms with Gasteiger partial charge in [0.1, 0.15) is 5.92 Å². The monoisotopic (exact) mass is 360 g/mol. The molecular formula is C24H24O3. The molecule has 3 aliphatic rings. The molecule has 138 valence electrons. The second-order valence-corrected chi connectivity index (χ2v) is 7.65. The number of carbonyl (C=O) groups excluding carboxylic acids is 2. The van der Waals surface area contributed by atoms with E-state index < -0.39 is 11.5 Å². The summed E-state index contributed by atoms with van der Waals surface area (Å²) < 4.78 is 6.11. The van der Waals surface area contributed by atoms with Crippen molar-refractivity contribution in [1.29, 1.82) is 0 Å². The number of fused-ring (bicyclic) bond motifs is 2. The van der Waals surface area contributed by atoms with Crippen molar-refractivity contribution in [1.82, 2.24) is 0 Å². The number of ketones is 1. The van der Waals surface area contributed by atoms with Crippen LogP contribution >= 0.6 is 0 Å². The molecule has 2 aromatic rings. The first-order valence-corrected chi connectivity index (χ1v) is 9.62. The van der Waals surface area contributed by atoms with E-state index in [1.807, 2.05) is 60.7 Å². The van der Waals surface area contributed by atoms with Crippen molar-refractivity contribution in [2.24, 2.45) is 11.8 Å². The molecule has 0 heterocycles. The lowest BCUT2D eigenvalue weighted by Crippen LogP contribution is -2.54. The van der Waals surface area contributed by atoms with Crippen molar-refractivity contribution in [3.8, 4) is 0 Å². The number of carbonyl (C=O) groups is 2. The number of hydrogen-bond acceptors (Lipinski definition) is 3. The second kappa shape index (κ2) is 7.15. The number of ether oxygens (including phenoxy) is 1. The minimum atomic E-state index is -1.02. The molecule has 1 saturated carbocycles. The fourth-order valence-electron chi connectivity index (χ4n) is 4.56. The van der Waals surface area contributed by atoms with Gasteiger partial charge in [-0.25, -0.2) is 0 Å². The number of esters is 1. The summed E-state index contributed by atoms with van der Waals surface area (Å²) >= 11 is 0. The first kappa shape index (κ1) is 17.7. The van der Waals surface area contributed by atoms with E-state index in [4.69, 9.17) is 4.74 Å². The average Bonchev–Trinajstić information content (AvgIpc) is 2.70. The third-order valence-corrected chi connectivity index (χ3v) is 6.01. The number of hydrogen-bond donors (Lipinski definition) is 0. The molecule has 27 heavy (non-hydrogen) atoms. The van der Waals surface area contributed by atoms with Crippen LogP contribution < -0.4 is 0 Å². The smallest absolute Gasteiger partial charge is 0.318 e. The third-order valence-electron chi connectivity index (χ3n) is 6.01. The van der Waals surface area contributed by atoms with E-state index in [2.05, 4.69) is 12.2 Å². The van der Waals surface area contributed by atoms with Crippen molar-refractivity contribution in [3.05, 3.63) is 83.9 Å². The van der Waals surface area contributed by atoms with Crippen LogP contribution in [0.2, 0.25) is 0 Å². The van der Waals surface area contributed by atoms with E-state index in [1.165, 1.54) is 0 Å². The van der Waals surface area contributed by atoms with Crippen LogP contribution in [0.15, 0.2) is 72.8 Å². The summed E-state index contributed by atoms with van der Waals surface area (Å²) in [7, 11) is 0. The van der Waals surface area contributed by atoms with Crippen molar-refractivity contribution < 1.29 is 14.3 Å². The predicted molar refractivity (Wildman–Crippen MR) is 104 cm³/mol. The summed E-state index contributed by atoms with van der Waals surface area (Å²) in [6.45, 7) is 1.56. The second-order valence-electron chi connectivity index (χ2n) is 7.65. The van der Waals surface area contributed by atoms with Crippen LogP contribution in [0.5, 0.6) is 0 Å². The van der Waals surface area contributed by atoms with Gasteiger partial charge in [-0.3, -0.25) is 9.59 Å². The lowest BCUT2D eigenvalue weighted by Gasteiger charge is -2.46. The van der Waals surface area contributed by atoms with Gasteiger partial charge in [-0.1, -0.05) is 72.8 Å². The minimum absolute atomic E-state index is 0.0175. The summed E-state index contributed by atoms with van der Waals surface area (Å²) in [6.07, 6.45) is 6.82. The molecule has 5 rings (SSSR count). The zero-order valence-corrected chi connectivity index (χ0v) is 15.5. The van der Waals surface area contributed by atoms with Gasteiger partial charge in [0, 0.05) is 12.3 Å². The van der Waals surface area contributed by atoms with Gasteiger partial charge < -0.3 is 4.74 Å². The lowest BCUT2D eigenvalue weighted by atomic mass is 9.64. The molecule has 0 radical (unpaired) electrons. The Labute approximate surface area is 160 Å². The summed E-state index contributed by atoms with van der Waals surface area (Å²) in [5, 5.41) is 0. The molecule has 3 heteroatoms. The van der Waals surface area contributed by atoms with Gasteiger partial charge >= 0.3 is 5.97 Å². The first-order valence-electron chi connectivity index (χ1n) is 9.62. The molecule has 0 amide bonds. The highest BCUT2D eigenvalue weighted by molar-refractivity contribution is 5.91. The predicted octanol–water partition coefficient (Wildman–Crippen LogP) is 4.68. The largest absolute Gasteiger partial charge is 0.450 e. The van der Waals surface area contributed by atoms with Crippen LogP contribution in [-0.4, -0.2) is 17.4 Å². The zero-order valence-electron chi connectivity index (χ0n) is 15.5. The molecule has 2 bridgehead atoms. The van der Waals surface area contributed by atoms with Crippen LogP contribution in [0.3, 0.4) is 0 Å². The topological polar surface area (TPSA) is 43.4 Å². The molecule has 3 aliphatic carbocycles. The van der Waals surface area contributed by atoms with Crippen LogP contribution in [0, 0.1) is 11.8 Å². The summed E-state index contributed by atoms with van der Waals surface area (Å²) in [5.74, 6) is -0.624. The highest BCUT2D eigenvalue weighted by Crippen LogP contribution is 2.47. The summed E-state index contributed by atoms with van der Waals surface area (Å²) in [5.41, 5.74) is 0.740. The van der Waals surface area contributed by atoms with Gasteiger partial charge in [-0.15, -0.1) is 0 Å². The van der Waals surface area contributed by atoms with Crippen molar-refractivity contribution in [2.45, 2.75) is 37.7 Å². The van der Waals surface area contributed by atoms with E-state index in [0.717, 1.165) is 24.0 Å². The SMILES string of the molecule is CC(=O)C1(OC(=O)C(c2ccccc2)c2ccccc2)CC2C=CC1CC2. The van der Waals surface area contributed by atoms with E-state index in [9.17, 15) is 9.59 Å². The number of Topliss-reactive ketones (excluding diaryl/α,β-unsaturated/α-hetero) is 1. The number of benzene rings is 2. The molecule has 1 fully saturated rings. The average molecular weight is 360 g/mol. The van der Waals surface area contributed by atoms with Gasteiger partial charge in [-0.05, 0) is 36.8 Å². The molecular weight excluding hydrogens is 336 g/mol. The van der Waals surface area contributed by atoms with Crippen LogP contribution in [0.4, 0.5) is 0 Å². The van der Waals surface area contributed by atoms with Crippen molar-refractivity contribution >= 4 is 11.8 Å². The van der Waals surface area contributed by atoms with Crippen molar-refractivity contribution in [2.75, 3.05) is 0 Å². The molecule has 2 aromatic carbocycles. The van der Waals surface area contributed by atoms with E-state index in [0.29, 0.717) is 12.3 Å². The minimum Gasteiger partial charge on any atom is -0.450 e. The molecule has 0 spiro atoms. The fraction of sp³-hybridized carbons (Fsp3) is 0.333. The maximum absolute atomic E-state index is 13.4. The van der Waals surface area contributed by atoms with Gasteiger partial charge in [-0.2, -0.15) is 0 Å². The number of allylic oxidation sites excluding steroid dienone is 1. The van der Waals surface area contributed by atoms with E-state index in [-0.39, 0.29) is 17.7 Å². The Hall–Kier alpha value is -2.68. The van der Waals surface area contributed by atoms with Crippen LogP contribution in [-0.2, 0) is 14.3 Å². The van der Waals surface area contributed by atoms with Gasteiger partial charge in [0.05, 0.1) is 0 Å². The maximum atomic E-state index is 13.4. The van der Waals surface area contributed by atoms with Gasteiger partial charge in [0.2, 0.25) is 0 Å². The third kappa shape index (κ3) is 3.23. The Bertz CT molecular complexity index is 816. The van der Waals surface area contributed by atoms with Crippen LogP contribution in [0.1, 0.15) is 43.2 Å². The number of rotatable bonds is 5. The summed E-state index contributed by atoms with van der Waals surface area (Å²) in [4.78, 5) is 26.0. The Balaban J connectivity index is 1.70. The fourth-order valence-corrected chi connectivity index (χ4v) is 4.56. The molecule has 0 N–H and O–H groups in total. The maximum Gasteiger partial charge on any atom is 0.318 e. The highest BCUT2D eigenvalue weighted by Gasteiger charge is 2.52. The van der Waals surface area contributed by atoms with E-state index in [1.54, 1.807) is 6.92 Å². The van der Waals surface area contributed by atoms with Crippen molar-refractivity contribution in [3.63, 3.8) is 0 Å². The Morgan fingerprint density at radius 2 is 1.52 bits per heavy atom. The van der Waals surface area contributed by atoms with Gasteiger partial charge in [0.25, 0.3) is 0 Å². The Morgan fingerprint density at radius 3 is 1.93 bits per heavy atom. The van der Waals surface area contributed by atoms with E-state index >= 15 is 0 Å². The first-order chi connectivity index (χ1) is 13.1. The quantitative estimate of drug-likeness (QED) is 0.575. The highest BCUT2D eigenvalue weighted by atomic mass is 16.6. The van der Waals surface area contributed by atoms with Crippen LogP contribution in [0.25, 0.3) is 0 Å². The molecule has 3 atom stereocenters. The molecule has 0 aliphatic heterocycles. The lowest BCUT2D eigenvalue weighted by molar-refractivity contribution is -0.178. The molecule has 3 unspecified atom stereocenters. The summed E-state index contributed by atoms with van der Waals surface area (Å²) in [6, 6.07) is 19.3. The normalized spacial score (nSPS) is 26.1. The molecule has 0 aromatic heterocycles. The van der Waals surface area contributed by atoms with Gasteiger partial charge in [0.15, 0.2) is 11.4 Å².